The average molecular weight is 602 g/mol. The van der Waals surface area contributed by atoms with Gasteiger partial charge in [-0.1, -0.05) is 17.9 Å². The molecule has 0 unspecified atom stereocenters. The second-order valence-corrected chi connectivity index (χ2v) is 10.5. The molecule has 4 aromatic carbocycles. The molecule has 4 rings (SSSR count). The summed E-state index contributed by atoms with van der Waals surface area (Å²) in [5.74, 6) is -0.666. The van der Waals surface area contributed by atoms with E-state index in [9.17, 15) is 31.0 Å². The van der Waals surface area contributed by atoms with Crippen LogP contribution < -0.4 is 74.7 Å². The number of nitrogens with zero attached hydrogens (tertiary/aromatic N) is 4. The summed E-state index contributed by atoms with van der Waals surface area (Å²) in [5.41, 5.74) is 5.84. The average Bonchev–Trinajstić information content (AvgIpc) is 2.86. The van der Waals surface area contributed by atoms with E-state index < -0.39 is 41.5 Å². The molecule has 0 spiro atoms. The Hall–Kier alpha value is -2.44. The first-order chi connectivity index (χ1) is 17.9. The molecule has 196 valence electrons. The van der Waals surface area contributed by atoms with Gasteiger partial charge in [0.15, 0.2) is 0 Å². The second kappa shape index (κ2) is 13.5. The van der Waals surface area contributed by atoms with Crippen LogP contribution in [0.25, 0.3) is 10.8 Å². The second-order valence-electron chi connectivity index (χ2n) is 7.72. The molecular weight excluding hydrogens is 584 g/mol. The van der Waals surface area contributed by atoms with E-state index in [0.717, 1.165) is 18.2 Å². The van der Waals surface area contributed by atoms with Crippen LogP contribution in [0, 0.1) is 0 Å². The predicted octanol–water partition coefficient (Wildman–Crippen LogP) is -1.51. The minimum atomic E-state index is -4.84. The minimum Gasteiger partial charge on any atom is -0.871 e. The third-order valence-corrected chi connectivity index (χ3v) is 6.84. The number of anilines is 1. The van der Waals surface area contributed by atoms with E-state index in [0.29, 0.717) is 0 Å². The Labute approximate surface area is 273 Å². The molecule has 0 aliphatic heterocycles. The minimum absolute atomic E-state index is 0. The van der Waals surface area contributed by atoms with Gasteiger partial charge in [-0.3, -0.25) is 4.55 Å². The van der Waals surface area contributed by atoms with Gasteiger partial charge in [0, 0.05) is 11.8 Å². The van der Waals surface area contributed by atoms with Crippen molar-refractivity contribution in [2.45, 2.75) is 9.79 Å². The fourth-order valence-corrected chi connectivity index (χ4v) is 4.54. The molecule has 0 heterocycles. The summed E-state index contributed by atoms with van der Waals surface area (Å²) in [5, 5.41) is 28.9. The summed E-state index contributed by atoms with van der Waals surface area (Å²) in [4.78, 5) is -1.20. The quantitative estimate of drug-likeness (QED) is 0.109. The van der Waals surface area contributed by atoms with E-state index in [1.54, 1.807) is 0 Å². The molecule has 40 heavy (non-hydrogen) atoms. The largest absolute Gasteiger partial charge is 1.00 e. The van der Waals surface area contributed by atoms with Crippen molar-refractivity contribution in [2.75, 3.05) is 12.8 Å². The number of fused-ring (bicyclic) bond motifs is 1. The molecule has 17 heteroatoms. The Bertz CT molecular complexity index is 1850. The van der Waals surface area contributed by atoms with Gasteiger partial charge in [0.05, 0.1) is 29.1 Å². The molecular formula is C23H17N5Na2O8S2. The Morgan fingerprint density at radius 3 is 2.15 bits per heavy atom. The summed E-state index contributed by atoms with van der Waals surface area (Å²) >= 11 is 0. The standard InChI is InChI=1S/C23H19N5O8S2.2Na/c1-36-20-12-16(26-25-15-3-2-4-17(11-15)37(30,31)32)6-8-19(20)27-28-22-21(38(33,34)35)10-13-9-14(24)5-7-18(13)23(22)29;;/h2-12,29H,24H2,1H3,(H,30,31,32)(H,33,34,35);;/q;2*+1/p-2. The first kappa shape index (κ1) is 33.8. The van der Waals surface area contributed by atoms with Crippen LogP contribution in [0.1, 0.15) is 0 Å². The van der Waals surface area contributed by atoms with Crippen molar-refractivity contribution in [1.82, 2.24) is 0 Å². The molecule has 0 saturated heterocycles. The Morgan fingerprint density at radius 1 is 0.850 bits per heavy atom. The first-order valence-electron chi connectivity index (χ1n) is 10.4. The van der Waals surface area contributed by atoms with Gasteiger partial charge in [-0.05, 0) is 59.3 Å². The van der Waals surface area contributed by atoms with Gasteiger partial charge in [-0.15, -0.1) is 10.2 Å². The molecule has 0 aliphatic carbocycles. The van der Waals surface area contributed by atoms with Crippen molar-refractivity contribution in [1.29, 1.82) is 0 Å². The van der Waals surface area contributed by atoms with E-state index in [4.69, 9.17) is 10.5 Å². The number of benzene rings is 4. The van der Waals surface area contributed by atoms with Crippen LogP contribution >= 0.6 is 0 Å². The third-order valence-electron chi connectivity index (χ3n) is 5.14. The van der Waals surface area contributed by atoms with E-state index in [2.05, 4.69) is 20.5 Å². The molecule has 0 fully saturated rings. The molecule has 0 radical (unpaired) electrons. The van der Waals surface area contributed by atoms with Crippen LogP contribution in [-0.2, 0) is 20.2 Å². The summed E-state index contributed by atoms with van der Waals surface area (Å²) in [6.07, 6.45) is 0. The summed E-state index contributed by atoms with van der Waals surface area (Å²) in [6.45, 7) is 0. The third kappa shape index (κ3) is 7.85. The predicted molar refractivity (Wildman–Crippen MR) is 133 cm³/mol. The molecule has 0 atom stereocenters. The Morgan fingerprint density at radius 2 is 1.52 bits per heavy atom. The van der Waals surface area contributed by atoms with Crippen LogP contribution in [0.4, 0.5) is 28.4 Å². The number of hydrogen-bond acceptors (Lipinski definition) is 12. The number of nitrogen functional groups attached to an aromatic ring is 1. The van der Waals surface area contributed by atoms with E-state index in [-0.39, 0.29) is 98.4 Å². The monoisotopic (exact) mass is 601 g/mol. The number of azo groups is 2. The fraction of sp³-hybridized carbons (Fsp3) is 0.0435. The van der Waals surface area contributed by atoms with Gasteiger partial charge < -0.3 is 20.1 Å². The summed E-state index contributed by atoms with van der Waals surface area (Å²) in [7, 11) is -8.18. The molecule has 0 saturated carbocycles. The van der Waals surface area contributed by atoms with Crippen molar-refractivity contribution < 1.29 is 94.9 Å². The first-order valence-corrected chi connectivity index (χ1v) is 13.3. The number of nitrogens with two attached hydrogens (primary N) is 1. The van der Waals surface area contributed by atoms with Gasteiger partial charge in [0.1, 0.15) is 26.5 Å². The SMILES string of the molecule is COc1cc(N=Nc2cccc(S(=O)(=O)[O-])c2)ccc1N=Nc1c(S(=O)(=O)O)cc2cc(N)ccc2c1[O-].[Na+].[Na+]. The van der Waals surface area contributed by atoms with Crippen molar-refractivity contribution in [3.8, 4) is 11.5 Å². The van der Waals surface area contributed by atoms with Crippen molar-refractivity contribution in [2.24, 2.45) is 20.5 Å². The summed E-state index contributed by atoms with van der Waals surface area (Å²) in [6, 6.07) is 14.6. The molecule has 3 N–H and O–H groups in total. The molecule has 13 nitrogen and oxygen atoms in total. The number of methoxy groups -OCH3 is 1. The van der Waals surface area contributed by atoms with Crippen LogP contribution in [0.5, 0.6) is 11.5 Å². The van der Waals surface area contributed by atoms with Crippen molar-refractivity contribution in [3.63, 3.8) is 0 Å². The van der Waals surface area contributed by atoms with Gasteiger partial charge >= 0.3 is 59.1 Å². The molecule has 0 aromatic heterocycles. The number of ether oxygens (including phenoxy) is 1. The fourth-order valence-electron chi connectivity index (χ4n) is 3.38. The van der Waals surface area contributed by atoms with Crippen molar-refractivity contribution >= 4 is 59.4 Å². The van der Waals surface area contributed by atoms with E-state index >= 15 is 0 Å². The molecule has 0 bridgehead atoms. The van der Waals surface area contributed by atoms with Crippen LogP contribution in [0.2, 0.25) is 0 Å². The van der Waals surface area contributed by atoms with Gasteiger partial charge in [-0.2, -0.15) is 18.6 Å². The zero-order valence-electron chi connectivity index (χ0n) is 21.3. The normalized spacial score (nSPS) is 11.9. The van der Waals surface area contributed by atoms with E-state index in [1.165, 1.54) is 55.6 Å². The van der Waals surface area contributed by atoms with Crippen LogP contribution in [0.15, 0.2) is 97.0 Å². The van der Waals surface area contributed by atoms with Crippen LogP contribution in [0.3, 0.4) is 0 Å². The van der Waals surface area contributed by atoms with Crippen molar-refractivity contribution in [3.05, 3.63) is 66.7 Å². The Kier molecular flexibility index (Phi) is 11.4. The van der Waals surface area contributed by atoms with Gasteiger partial charge in [0.2, 0.25) is 0 Å². The molecule has 0 amide bonds. The van der Waals surface area contributed by atoms with Crippen LogP contribution in [-0.4, -0.2) is 33.1 Å². The Balaban J connectivity index is 0.00000280. The van der Waals surface area contributed by atoms with Gasteiger partial charge in [-0.25, -0.2) is 8.42 Å². The smallest absolute Gasteiger partial charge is 0.871 e. The maximum absolute atomic E-state index is 13.0. The van der Waals surface area contributed by atoms with E-state index in [1.807, 2.05) is 0 Å². The molecule has 0 aliphatic rings. The number of rotatable bonds is 7. The zero-order valence-corrected chi connectivity index (χ0v) is 27.0. The maximum Gasteiger partial charge on any atom is 1.00 e. The molecule has 4 aromatic rings. The van der Waals surface area contributed by atoms with Gasteiger partial charge in [0.25, 0.3) is 10.1 Å². The summed E-state index contributed by atoms with van der Waals surface area (Å²) < 4.78 is 72.4. The zero-order chi connectivity index (χ0) is 27.7. The number of hydrogen-bond donors (Lipinski definition) is 2. The topological polar surface area (TPSA) is 219 Å². The maximum atomic E-state index is 13.0.